The average molecular weight is 268 g/mol. The van der Waals surface area contributed by atoms with E-state index in [1.54, 1.807) is 29.3 Å². The van der Waals surface area contributed by atoms with Crippen LogP contribution >= 0.6 is 0 Å². The molecule has 0 saturated carbocycles. The second kappa shape index (κ2) is 4.61. The molecule has 0 spiro atoms. The Balaban J connectivity index is 2.09. The molecule has 7 nitrogen and oxygen atoms in total. The van der Waals surface area contributed by atoms with Crippen LogP contribution in [0.3, 0.4) is 0 Å². The summed E-state index contributed by atoms with van der Waals surface area (Å²) in [4.78, 5) is 22.7. The Labute approximate surface area is 114 Å². The maximum absolute atomic E-state index is 10.8. The molecule has 0 aliphatic heterocycles. The fourth-order valence-corrected chi connectivity index (χ4v) is 1.90. The monoisotopic (exact) mass is 268 g/mol. The van der Waals surface area contributed by atoms with Gasteiger partial charge in [-0.05, 0) is 6.08 Å². The molecule has 100 valence electrons. The molecule has 0 saturated heterocycles. The van der Waals surface area contributed by atoms with Crippen LogP contribution in [-0.2, 0) is 11.8 Å². The zero-order chi connectivity index (χ0) is 14.1. The predicted octanol–water partition coefficient (Wildman–Crippen LogP) is 0.857. The van der Waals surface area contributed by atoms with Crippen molar-refractivity contribution in [2.75, 3.05) is 0 Å². The highest BCUT2D eigenvalue weighted by molar-refractivity contribution is 5.93. The first-order valence-electron chi connectivity index (χ1n) is 5.94. The number of carbonyl (C=O) groups is 1. The van der Waals surface area contributed by atoms with Crippen molar-refractivity contribution in [3.63, 3.8) is 0 Å². The number of nitrogens with two attached hydrogens (primary N) is 1. The molecule has 1 amide bonds. The van der Waals surface area contributed by atoms with Crippen molar-refractivity contribution < 1.29 is 4.79 Å². The molecule has 0 aliphatic rings. The Morgan fingerprint density at radius 1 is 1.45 bits per heavy atom. The maximum Gasteiger partial charge on any atom is 0.241 e. The van der Waals surface area contributed by atoms with Crippen LogP contribution in [0.2, 0.25) is 0 Å². The summed E-state index contributed by atoms with van der Waals surface area (Å²) in [6.07, 6.45) is 9.90. The molecule has 3 heterocycles. The van der Waals surface area contributed by atoms with E-state index in [9.17, 15) is 4.79 Å². The van der Waals surface area contributed by atoms with Gasteiger partial charge in [-0.15, -0.1) is 0 Å². The maximum atomic E-state index is 10.8. The van der Waals surface area contributed by atoms with Crippen LogP contribution in [0.25, 0.3) is 28.5 Å². The first-order valence-corrected chi connectivity index (χ1v) is 5.94. The zero-order valence-corrected chi connectivity index (χ0v) is 10.7. The summed E-state index contributed by atoms with van der Waals surface area (Å²) in [5.41, 5.74) is 8.80. The second-order valence-corrected chi connectivity index (χ2v) is 4.33. The van der Waals surface area contributed by atoms with Gasteiger partial charge in [0.15, 0.2) is 5.65 Å². The van der Waals surface area contributed by atoms with Crippen LogP contribution in [0.1, 0.15) is 5.56 Å². The van der Waals surface area contributed by atoms with Gasteiger partial charge in [0.2, 0.25) is 5.91 Å². The van der Waals surface area contributed by atoms with Gasteiger partial charge in [-0.2, -0.15) is 5.10 Å². The number of aryl methyl sites for hydroxylation is 1. The van der Waals surface area contributed by atoms with Gasteiger partial charge in [-0.1, -0.05) is 0 Å². The number of aromatic nitrogens is 5. The smallest absolute Gasteiger partial charge is 0.241 e. The minimum absolute atomic E-state index is 0.504. The van der Waals surface area contributed by atoms with Gasteiger partial charge in [-0.25, -0.2) is 9.97 Å². The highest BCUT2D eigenvalue weighted by atomic mass is 16.1. The summed E-state index contributed by atoms with van der Waals surface area (Å²) < 4.78 is 1.70. The van der Waals surface area contributed by atoms with Gasteiger partial charge in [0.1, 0.15) is 5.52 Å². The topological polar surface area (TPSA) is 102 Å². The zero-order valence-electron chi connectivity index (χ0n) is 10.7. The van der Waals surface area contributed by atoms with E-state index in [4.69, 9.17) is 5.73 Å². The van der Waals surface area contributed by atoms with Gasteiger partial charge < -0.3 is 10.7 Å². The van der Waals surface area contributed by atoms with E-state index in [0.717, 1.165) is 16.8 Å². The molecule has 3 aromatic heterocycles. The largest absolute Gasteiger partial charge is 0.366 e. The van der Waals surface area contributed by atoms with E-state index in [2.05, 4.69) is 20.1 Å². The van der Waals surface area contributed by atoms with Crippen molar-refractivity contribution in [2.24, 2.45) is 12.8 Å². The Morgan fingerprint density at radius 3 is 3.00 bits per heavy atom. The molecule has 0 unspecified atom stereocenters. The number of rotatable bonds is 3. The lowest BCUT2D eigenvalue weighted by Gasteiger charge is -1.97. The fraction of sp³-hybridized carbons (Fsp3) is 0.0769. The first-order chi connectivity index (χ1) is 9.63. The van der Waals surface area contributed by atoms with Crippen molar-refractivity contribution in [2.45, 2.75) is 0 Å². The molecule has 0 atom stereocenters. The Kier molecular flexibility index (Phi) is 2.79. The molecule has 3 N–H and O–H groups in total. The van der Waals surface area contributed by atoms with Gasteiger partial charge >= 0.3 is 0 Å². The summed E-state index contributed by atoms with van der Waals surface area (Å²) in [6, 6.07) is 0. The third-order valence-electron chi connectivity index (χ3n) is 2.84. The molecule has 7 heteroatoms. The van der Waals surface area contributed by atoms with Crippen molar-refractivity contribution in [1.82, 2.24) is 24.7 Å². The Bertz CT molecular complexity index is 813. The predicted molar refractivity (Wildman–Crippen MR) is 74.3 cm³/mol. The highest BCUT2D eigenvalue weighted by Gasteiger charge is 2.08. The summed E-state index contributed by atoms with van der Waals surface area (Å²) in [6.45, 7) is 0. The number of nitrogens with one attached hydrogen (secondary N) is 1. The molecular weight excluding hydrogens is 256 g/mol. The normalized spacial score (nSPS) is 11.4. The lowest BCUT2D eigenvalue weighted by molar-refractivity contribution is -0.113. The van der Waals surface area contributed by atoms with E-state index in [1.165, 1.54) is 6.08 Å². The number of hydrogen-bond acceptors (Lipinski definition) is 4. The van der Waals surface area contributed by atoms with Crippen molar-refractivity contribution in [3.8, 4) is 11.3 Å². The SMILES string of the molecule is Cn1cc(-c2cnc3[nH]cc(/C=C/C(N)=O)c3n2)cn1. The van der Waals surface area contributed by atoms with Gasteiger partial charge in [0.05, 0.1) is 18.1 Å². The molecule has 0 bridgehead atoms. The highest BCUT2D eigenvalue weighted by Crippen LogP contribution is 2.21. The number of primary amides is 1. The average Bonchev–Trinajstić information content (AvgIpc) is 3.02. The van der Waals surface area contributed by atoms with Crippen LogP contribution in [-0.4, -0.2) is 30.6 Å². The minimum atomic E-state index is -0.504. The first kappa shape index (κ1) is 12.1. The molecule has 0 radical (unpaired) electrons. The molecular formula is C13H12N6O. The Hall–Kier alpha value is -2.96. The lowest BCUT2D eigenvalue weighted by atomic mass is 10.2. The summed E-state index contributed by atoms with van der Waals surface area (Å²) in [7, 11) is 1.84. The van der Waals surface area contributed by atoms with Crippen molar-refractivity contribution >= 4 is 23.1 Å². The number of aromatic amines is 1. The standard InChI is InChI=1S/C13H12N6O/c1-19-7-9(5-17-19)10-6-16-13-12(18-10)8(4-15-13)2-3-11(14)20/h2-7H,1H3,(H2,14,20)(H,15,16)/b3-2+. The quantitative estimate of drug-likeness (QED) is 0.687. The molecule has 0 aromatic carbocycles. The van der Waals surface area contributed by atoms with Crippen LogP contribution in [0.5, 0.6) is 0 Å². The lowest BCUT2D eigenvalue weighted by Crippen LogP contribution is -2.05. The number of amides is 1. The van der Waals surface area contributed by atoms with E-state index in [1.807, 2.05) is 13.2 Å². The molecule has 0 fully saturated rings. The number of H-pyrrole nitrogens is 1. The molecule has 20 heavy (non-hydrogen) atoms. The molecule has 0 aliphatic carbocycles. The fourth-order valence-electron chi connectivity index (χ4n) is 1.90. The van der Waals surface area contributed by atoms with Gasteiger partial charge in [-0.3, -0.25) is 9.48 Å². The van der Waals surface area contributed by atoms with E-state index in [0.29, 0.717) is 11.2 Å². The van der Waals surface area contributed by atoms with Crippen LogP contribution in [0.4, 0.5) is 0 Å². The van der Waals surface area contributed by atoms with Crippen molar-refractivity contribution in [3.05, 3.63) is 36.4 Å². The summed E-state index contributed by atoms with van der Waals surface area (Å²) >= 11 is 0. The van der Waals surface area contributed by atoms with Crippen LogP contribution in [0, 0.1) is 0 Å². The third kappa shape index (κ3) is 2.16. The summed E-state index contributed by atoms with van der Waals surface area (Å²) in [5, 5.41) is 4.11. The number of fused-ring (bicyclic) bond motifs is 1. The van der Waals surface area contributed by atoms with Crippen LogP contribution < -0.4 is 5.73 Å². The van der Waals surface area contributed by atoms with E-state index in [-0.39, 0.29) is 0 Å². The minimum Gasteiger partial charge on any atom is -0.366 e. The van der Waals surface area contributed by atoms with Gasteiger partial charge in [0, 0.05) is 36.6 Å². The second-order valence-electron chi connectivity index (χ2n) is 4.33. The number of carbonyl (C=O) groups excluding carboxylic acids is 1. The van der Waals surface area contributed by atoms with E-state index >= 15 is 0 Å². The molecule has 3 aromatic rings. The number of hydrogen-bond donors (Lipinski definition) is 2. The number of nitrogens with zero attached hydrogens (tertiary/aromatic N) is 4. The summed E-state index contributed by atoms with van der Waals surface area (Å²) in [5.74, 6) is -0.504. The third-order valence-corrected chi connectivity index (χ3v) is 2.84. The molecule has 3 rings (SSSR count). The van der Waals surface area contributed by atoms with E-state index < -0.39 is 5.91 Å². The van der Waals surface area contributed by atoms with Gasteiger partial charge in [0.25, 0.3) is 0 Å². The van der Waals surface area contributed by atoms with Crippen LogP contribution in [0.15, 0.2) is 30.9 Å². The Morgan fingerprint density at radius 2 is 2.30 bits per heavy atom. The van der Waals surface area contributed by atoms with Crippen molar-refractivity contribution in [1.29, 1.82) is 0 Å².